The molecule has 2 aromatic rings. The summed E-state index contributed by atoms with van der Waals surface area (Å²) in [5.41, 5.74) is -0.0367. The normalized spacial score (nSPS) is 24.8. The minimum absolute atomic E-state index is 0.0226. The van der Waals surface area contributed by atoms with Gasteiger partial charge >= 0.3 is 0 Å². The van der Waals surface area contributed by atoms with Crippen LogP contribution in [0.4, 0.5) is 0 Å². The number of carbonyl (C=O) groups is 4. The van der Waals surface area contributed by atoms with Crippen LogP contribution in [0.2, 0.25) is 0 Å². The van der Waals surface area contributed by atoms with Gasteiger partial charge in [-0.2, -0.15) is 0 Å². The Bertz CT molecular complexity index is 1410. The molecule has 34 heavy (non-hydrogen) atoms. The fourth-order valence-corrected chi connectivity index (χ4v) is 4.07. The first-order valence-electron chi connectivity index (χ1n) is 13.9. The fourth-order valence-electron chi connectivity index (χ4n) is 4.07. The number of nitrogens with zero attached hydrogens (tertiary/aromatic N) is 2. The number of carbonyl (C=O) groups excluding carboxylic acids is 4. The Morgan fingerprint density at radius 2 is 1.94 bits per heavy atom. The third kappa shape index (κ3) is 4.38. The maximum atomic E-state index is 13.1. The van der Waals surface area contributed by atoms with Crippen molar-refractivity contribution in [2.75, 3.05) is 19.8 Å². The quantitative estimate of drug-likeness (QED) is 0.641. The molecule has 3 atom stereocenters. The number of hydrogen-bond acceptors (Lipinski definition) is 6. The Hall–Kier alpha value is -3.72. The van der Waals surface area contributed by atoms with Gasteiger partial charge in [0, 0.05) is 30.6 Å². The topological polar surface area (TPSA) is 105 Å². The molecule has 0 bridgehead atoms. The van der Waals surface area contributed by atoms with E-state index in [1.807, 2.05) is 0 Å². The van der Waals surface area contributed by atoms with Gasteiger partial charge in [-0.3, -0.25) is 24.5 Å². The maximum absolute atomic E-state index is 13.1. The van der Waals surface area contributed by atoms with Gasteiger partial charge in [0.2, 0.25) is 17.7 Å². The number of fused-ring (bicyclic) bond motifs is 1. The first-order valence-corrected chi connectivity index (χ1v) is 10.8. The Balaban J connectivity index is 1.42. The number of rotatable bonds is 6. The van der Waals surface area contributed by atoms with Crippen LogP contribution in [0, 0.1) is 0 Å². The zero-order valence-corrected chi connectivity index (χ0v) is 18.1. The molecule has 2 saturated heterocycles. The minimum Gasteiger partial charge on any atom is -0.489 e. The molecule has 0 aliphatic carbocycles. The van der Waals surface area contributed by atoms with Crippen LogP contribution in [0.25, 0.3) is 0 Å². The third-order valence-electron chi connectivity index (χ3n) is 5.81. The highest BCUT2D eigenvalue weighted by molar-refractivity contribution is 6.05. The molecule has 2 fully saturated rings. The zero-order valence-electron chi connectivity index (χ0n) is 24.1. The molecule has 0 radical (unpaired) electrons. The average molecular weight is 470 g/mol. The number of ether oxygens (including phenoxy) is 2. The van der Waals surface area contributed by atoms with Crippen molar-refractivity contribution in [3.8, 4) is 5.75 Å². The first kappa shape index (κ1) is 16.0. The summed E-state index contributed by atoms with van der Waals surface area (Å²) in [6.07, 6.45) is 0.261. The zero-order chi connectivity index (χ0) is 28.9. The fraction of sp³-hybridized carbons (Fsp3) is 0.360. The molecule has 9 nitrogen and oxygen atoms in total. The Kier molecular flexibility index (Phi) is 4.36. The van der Waals surface area contributed by atoms with Gasteiger partial charge in [-0.05, 0) is 29.7 Å². The van der Waals surface area contributed by atoms with Crippen molar-refractivity contribution in [3.63, 3.8) is 0 Å². The van der Waals surface area contributed by atoms with Gasteiger partial charge in [0.1, 0.15) is 25.0 Å². The number of amides is 4. The van der Waals surface area contributed by atoms with E-state index in [0.717, 1.165) is 4.90 Å². The number of piperidine rings is 1. The lowest BCUT2D eigenvalue weighted by atomic mass is 10.0. The van der Waals surface area contributed by atoms with Gasteiger partial charge in [0.05, 0.1) is 21.4 Å². The van der Waals surface area contributed by atoms with E-state index in [1.165, 1.54) is 17.0 Å². The van der Waals surface area contributed by atoms with Crippen LogP contribution in [-0.2, 0) is 38.8 Å². The number of hydrogen-bond donors (Lipinski definition) is 1. The van der Waals surface area contributed by atoms with E-state index < -0.39 is 66.9 Å². The second-order valence-corrected chi connectivity index (χ2v) is 8.01. The standard InChI is InChI=1S/C25H25N3O6/c29-22-9-8-20(24(31)26-22)28-13-19-18(25(28)32)2-1-3-21(19)34-14-17-6-4-16(5-7-17)12-27-10-11-33-15-23(27)30/h1-7,20H,8-15H2,(H,26,29,31)/i4D,5D,6D,7D,12D,14D. The second-order valence-electron chi connectivity index (χ2n) is 8.01. The Labute approximate surface area is 205 Å². The summed E-state index contributed by atoms with van der Waals surface area (Å²) in [6, 6.07) is 1.43. The molecule has 9 heteroatoms. The van der Waals surface area contributed by atoms with Gasteiger partial charge in [-0.1, -0.05) is 30.2 Å². The van der Waals surface area contributed by atoms with Crippen molar-refractivity contribution in [2.24, 2.45) is 0 Å². The van der Waals surface area contributed by atoms with Crippen molar-refractivity contribution in [1.29, 1.82) is 0 Å². The van der Waals surface area contributed by atoms with Crippen molar-refractivity contribution < 1.29 is 36.9 Å². The van der Waals surface area contributed by atoms with Crippen LogP contribution in [0.15, 0.2) is 42.4 Å². The molecule has 5 rings (SSSR count). The molecule has 176 valence electrons. The number of nitrogens with one attached hydrogen (secondary N) is 1. The van der Waals surface area contributed by atoms with Crippen molar-refractivity contribution in [1.82, 2.24) is 15.1 Å². The Morgan fingerprint density at radius 1 is 1.15 bits per heavy atom. The van der Waals surface area contributed by atoms with E-state index in [1.54, 1.807) is 6.07 Å². The summed E-state index contributed by atoms with van der Waals surface area (Å²) < 4.78 is 61.8. The summed E-state index contributed by atoms with van der Waals surface area (Å²) >= 11 is 0. The molecular weight excluding hydrogens is 438 g/mol. The molecular formula is C25H25N3O6. The summed E-state index contributed by atoms with van der Waals surface area (Å²) in [6.45, 7) is -3.26. The van der Waals surface area contributed by atoms with Crippen LogP contribution in [0.1, 0.15) is 48.1 Å². The highest BCUT2D eigenvalue weighted by Crippen LogP contribution is 2.34. The summed E-state index contributed by atoms with van der Waals surface area (Å²) in [5, 5.41) is 2.23. The van der Waals surface area contributed by atoms with Crippen molar-refractivity contribution in [3.05, 3.63) is 64.6 Å². The molecule has 1 N–H and O–H groups in total. The summed E-state index contributed by atoms with van der Waals surface area (Å²) in [4.78, 5) is 51.6. The highest BCUT2D eigenvalue weighted by Gasteiger charge is 2.40. The van der Waals surface area contributed by atoms with Crippen LogP contribution in [0.5, 0.6) is 5.75 Å². The molecule has 2 aromatic carbocycles. The van der Waals surface area contributed by atoms with Crippen LogP contribution < -0.4 is 10.1 Å². The van der Waals surface area contributed by atoms with Gasteiger partial charge in [-0.15, -0.1) is 0 Å². The van der Waals surface area contributed by atoms with Crippen LogP contribution in [0.3, 0.4) is 0 Å². The lowest BCUT2D eigenvalue weighted by Crippen LogP contribution is -2.52. The van der Waals surface area contributed by atoms with E-state index in [2.05, 4.69) is 5.32 Å². The molecule has 3 heterocycles. The van der Waals surface area contributed by atoms with E-state index >= 15 is 0 Å². The lowest BCUT2D eigenvalue weighted by Gasteiger charge is -2.29. The summed E-state index contributed by atoms with van der Waals surface area (Å²) in [5.74, 6) is -1.84. The smallest absolute Gasteiger partial charge is 0.255 e. The van der Waals surface area contributed by atoms with E-state index in [4.69, 9.17) is 17.7 Å². The van der Waals surface area contributed by atoms with Gasteiger partial charge in [0.25, 0.3) is 5.91 Å². The van der Waals surface area contributed by atoms with Crippen molar-refractivity contribution >= 4 is 23.6 Å². The summed E-state index contributed by atoms with van der Waals surface area (Å²) in [7, 11) is 0. The maximum Gasteiger partial charge on any atom is 0.255 e. The largest absolute Gasteiger partial charge is 0.489 e. The minimum atomic E-state index is -1.73. The second kappa shape index (κ2) is 9.26. The number of benzene rings is 2. The van der Waals surface area contributed by atoms with Crippen LogP contribution in [-0.4, -0.2) is 59.2 Å². The first-order chi connectivity index (χ1) is 19.0. The molecule has 3 aliphatic rings. The molecule has 0 spiro atoms. The number of morpholine rings is 1. The monoisotopic (exact) mass is 469 g/mol. The molecule has 3 aliphatic heterocycles. The molecule has 4 amide bonds. The van der Waals surface area contributed by atoms with E-state index in [-0.39, 0.29) is 61.6 Å². The van der Waals surface area contributed by atoms with E-state index in [0.29, 0.717) is 5.56 Å². The number of imide groups is 1. The predicted octanol–water partition coefficient (Wildman–Crippen LogP) is 1.39. The van der Waals surface area contributed by atoms with Gasteiger partial charge < -0.3 is 19.3 Å². The third-order valence-corrected chi connectivity index (χ3v) is 5.81. The highest BCUT2D eigenvalue weighted by atomic mass is 16.5. The molecule has 3 unspecified atom stereocenters. The van der Waals surface area contributed by atoms with Gasteiger partial charge in [-0.25, -0.2) is 0 Å². The Morgan fingerprint density at radius 3 is 2.71 bits per heavy atom. The van der Waals surface area contributed by atoms with Crippen LogP contribution >= 0.6 is 0 Å². The molecule has 0 saturated carbocycles. The predicted molar refractivity (Wildman–Crippen MR) is 119 cm³/mol. The lowest BCUT2D eigenvalue weighted by molar-refractivity contribution is -0.143. The molecule has 0 aromatic heterocycles. The van der Waals surface area contributed by atoms with Crippen molar-refractivity contribution in [2.45, 2.75) is 38.5 Å². The van der Waals surface area contributed by atoms with Gasteiger partial charge in [0.15, 0.2) is 0 Å². The average Bonchev–Trinajstić information content (AvgIpc) is 3.25. The SMILES string of the molecule is [2H]c1c([2H])c(C([2H])N2CCOCC2=O)c([2H])c([2H])c1C([2H])Oc1cccc2c1CN(C1CCC(=O)NC1=O)C2=O. The van der Waals surface area contributed by atoms with E-state index in [9.17, 15) is 19.2 Å².